The summed E-state index contributed by atoms with van der Waals surface area (Å²) in [6.07, 6.45) is 9.80. The number of anilines is 1. The number of rotatable bonds is 5. The van der Waals surface area contributed by atoms with Crippen LogP contribution in [0.2, 0.25) is 0 Å². The van der Waals surface area contributed by atoms with Gasteiger partial charge >= 0.3 is 0 Å². The number of aryl methyl sites for hydroxylation is 2. The average molecular weight is 325 g/mol. The van der Waals surface area contributed by atoms with E-state index in [0.29, 0.717) is 17.7 Å². The molecule has 4 unspecified atom stereocenters. The number of carbonyl (C=O) groups is 1. The molecule has 2 aromatic rings. The van der Waals surface area contributed by atoms with Crippen LogP contribution < -0.4 is 11.1 Å². The van der Waals surface area contributed by atoms with Gasteiger partial charge < -0.3 is 11.1 Å². The fourth-order valence-electron chi connectivity index (χ4n) is 4.28. The van der Waals surface area contributed by atoms with Gasteiger partial charge in [0.15, 0.2) is 5.82 Å². The second-order valence-electron chi connectivity index (χ2n) is 7.00. The fraction of sp³-hybridized carbons (Fsp3) is 0.500. The zero-order valence-corrected chi connectivity index (χ0v) is 13.6. The lowest BCUT2D eigenvalue weighted by molar-refractivity contribution is -0.121. The molecule has 4 rings (SSSR count). The Hall–Kier alpha value is -2.21. The lowest BCUT2D eigenvalue weighted by Crippen LogP contribution is -2.42. The predicted octanol–water partition coefficient (Wildman–Crippen LogP) is 1.83. The van der Waals surface area contributed by atoms with E-state index in [-0.39, 0.29) is 17.9 Å². The molecule has 2 heterocycles. The summed E-state index contributed by atoms with van der Waals surface area (Å²) in [5.74, 6) is 1.59. The van der Waals surface area contributed by atoms with Gasteiger partial charge in [-0.05, 0) is 55.2 Å². The Morgan fingerprint density at radius 2 is 2.04 bits per heavy atom. The zero-order valence-electron chi connectivity index (χ0n) is 13.6. The molecule has 24 heavy (non-hydrogen) atoms. The number of hydrogen-bond acceptors (Lipinski definition) is 4. The molecule has 3 N–H and O–H groups in total. The highest BCUT2D eigenvalue weighted by molar-refractivity contribution is 5.92. The number of aromatic nitrogens is 3. The van der Waals surface area contributed by atoms with Crippen LogP contribution in [-0.2, 0) is 17.8 Å². The summed E-state index contributed by atoms with van der Waals surface area (Å²) < 4.78 is 1.86. The standard InChI is InChI=1S/C18H23N5O/c19-17-14-2-1-13(11-14)16(17)18(24)21-15-6-10-23(22-15)9-5-12-3-7-20-8-4-12/h3-4,6-8,10,13-14,16-17H,1-2,5,9,11,19H2,(H,21,22,24). The highest BCUT2D eigenvalue weighted by Gasteiger charge is 2.49. The largest absolute Gasteiger partial charge is 0.327 e. The molecule has 2 aliphatic rings. The van der Waals surface area contributed by atoms with Crippen LogP contribution in [0.4, 0.5) is 5.82 Å². The smallest absolute Gasteiger partial charge is 0.230 e. The van der Waals surface area contributed by atoms with E-state index >= 15 is 0 Å². The van der Waals surface area contributed by atoms with E-state index in [4.69, 9.17) is 5.73 Å². The van der Waals surface area contributed by atoms with Crippen molar-refractivity contribution in [3.05, 3.63) is 42.4 Å². The third kappa shape index (κ3) is 2.94. The molecule has 2 saturated carbocycles. The third-order valence-electron chi connectivity index (χ3n) is 5.55. The van der Waals surface area contributed by atoms with Crippen LogP contribution in [0.3, 0.4) is 0 Å². The molecule has 0 spiro atoms. The number of nitrogens with two attached hydrogens (primary N) is 1. The molecule has 0 saturated heterocycles. The number of nitrogens with one attached hydrogen (secondary N) is 1. The van der Waals surface area contributed by atoms with E-state index in [9.17, 15) is 4.79 Å². The van der Waals surface area contributed by atoms with Gasteiger partial charge in [0.05, 0.1) is 5.92 Å². The van der Waals surface area contributed by atoms with Gasteiger partial charge in [-0.15, -0.1) is 0 Å². The minimum atomic E-state index is -0.0503. The van der Waals surface area contributed by atoms with Gasteiger partial charge in [0.2, 0.25) is 5.91 Å². The Kier molecular flexibility index (Phi) is 4.06. The second-order valence-corrected chi connectivity index (χ2v) is 7.00. The Bertz CT molecular complexity index is 711. The summed E-state index contributed by atoms with van der Waals surface area (Å²) in [6, 6.07) is 5.87. The molecular formula is C18H23N5O. The molecule has 0 aromatic carbocycles. The van der Waals surface area contributed by atoms with Gasteiger partial charge in [-0.3, -0.25) is 14.5 Å². The van der Waals surface area contributed by atoms with Gasteiger partial charge in [-0.1, -0.05) is 0 Å². The highest BCUT2D eigenvalue weighted by atomic mass is 16.2. The molecule has 6 heteroatoms. The van der Waals surface area contributed by atoms with Crippen LogP contribution in [0.15, 0.2) is 36.8 Å². The van der Waals surface area contributed by atoms with Crippen molar-refractivity contribution < 1.29 is 4.79 Å². The summed E-state index contributed by atoms with van der Waals surface area (Å²) in [7, 11) is 0. The molecule has 0 aliphatic heterocycles. The first-order valence-corrected chi connectivity index (χ1v) is 8.69. The molecule has 126 valence electrons. The molecule has 1 amide bonds. The first kappa shape index (κ1) is 15.3. The van der Waals surface area contributed by atoms with Crippen molar-refractivity contribution >= 4 is 11.7 Å². The molecular weight excluding hydrogens is 302 g/mol. The highest BCUT2D eigenvalue weighted by Crippen LogP contribution is 2.47. The third-order valence-corrected chi connectivity index (χ3v) is 5.55. The van der Waals surface area contributed by atoms with Crippen LogP contribution in [0, 0.1) is 17.8 Å². The molecule has 6 nitrogen and oxygen atoms in total. The van der Waals surface area contributed by atoms with Gasteiger partial charge in [0, 0.05) is 37.2 Å². The number of pyridine rings is 1. The number of amides is 1. The summed E-state index contributed by atoms with van der Waals surface area (Å²) in [5, 5.41) is 7.41. The summed E-state index contributed by atoms with van der Waals surface area (Å²) >= 11 is 0. The molecule has 0 radical (unpaired) electrons. The van der Waals surface area contributed by atoms with E-state index in [1.165, 1.54) is 12.0 Å². The number of carbonyl (C=O) groups excluding carboxylic acids is 1. The van der Waals surface area contributed by atoms with E-state index in [1.807, 2.05) is 29.1 Å². The molecule has 4 atom stereocenters. The summed E-state index contributed by atoms with van der Waals surface area (Å²) in [5.41, 5.74) is 7.47. The summed E-state index contributed by atoms with van der Waals surface area (Å²) in [4.78, 5) is 16.6. The van der Waals surface area contributed by atoms with E-state index < -0.39 is 0 Å². The van der Waals surface area contributed by atoms with E-state index in [0.717, 1.165) is 25.8 Å². The van der Waals surface area contributed by atoms with Crippen molar-refractivity contribution in [1.82, 2.24) is 14.8 Å². The van der Waals surface area contributed by atoms with Crippen molar-refractivity contribution in [2.45, 2.75) is 38.3 Å². The fourth-order valence-corrected chi connectivity index (χ4v) is 4.28. The average Bonchev–Trinajstić information content (AvgIpc) is 3.30. The Balaban J connectivity index is 1.34. The van der Waals surface area contributed by atoms with Crippen molar-refractivity contribution in [2.24, 2.45) is 23.5 Å². The maximum Gasteiger partial charge on any atom is 0.230 e. The summed E-state index contributed by atoms with van der Waals surface area (Å²) in [6.45, 7) is 0.771. The van der Waals surface area contributed by atoms with Crippen molar-refractivity contribution in [1.29, 1.82) is 0 Å². The van der Waals surface area contributed by atoms with Gasteiger partial charge in [0.25, 0.3) is 0 Å². The second kappa shape index (κ2) is 6.36. The van der Waals surface area contributed by atoms with Crippen molar-refractivity contribution in [3.8, 4) is 0 Å². The SMILES string of the molecule is NC1C2CCC(C2)C1C(=O)Nc1ccn(CCc2ccncc2)n1. The lowest BCUT2D eigenvalue weighted by atomic mass is 9.84. The maximum absolute atomic E-state index is 12.6. The number of hydrogen-bond donors (Lipinski definition) is 2. The van der Waals surface area contributed by atoms with E-state index in [2.05, 4.69) is 15.4 Å². The van der Waals surface area contributed by atoms with Crippen molar-refractivity contribution in [2.75, 3.05) is 5.32 Å². The van der Waals surface area contributed by atoms with Gasteiger partial charge in [-0.2, -0.15) is 5.10 Å². The quantitative estimate of drug-likeness (QED) is 0.878. The monoisotopic (exact) mass is 325 g/mol. The molecule has 2 bridgehead atoms. The lowest BCUT2D eigenvalue weighted by Gasteiger charge is -2.26. The topological polar surface area (TPSA) is 85.8 Å². The van der Waals surface area contributed by atoms with Gasteiger partial charge in [0.1, 0.15) is 0 Å². The molecule has 2 fully saturated rings. The van der Waals surface area contributed by atoms with E-state index in [1.54, 1.807) is 12.4 Å². The number of fused-ring (bicyclic) bond motifs is 2. The Morgan fingerprint density at radius 1 is 1.25 bits per heavy atom. The zero-order chi connectivity index (χ0) is 16.5. The molecule has 2 aliphatic carbocycles. The van der Waals surface area contributed by atoms with Crippen molar-refractivity contribution in [3.63, 3.8) is 0 Å². The Labute approximate surface area is 141 Å². The minimum absolute atomic E-state index is 0.0116. The first-order valence-electron chi connectivity index (χ1n) is 8.69. The van der Waals surface area contributed by atoms with Crippen LogP contribution >= 0.6 is 0 Å². The predicted molar refractivity (Wildman–Crippen MR) is 91.1 cm³/mol. The van der Waals surface area contributed by atoms with Crippen LogP contribution in [0.25, 0.3) is 0 Å². The first-order chi connectivity index (χ1) is 11.7. The molecule has 2 aromatic heterocycles. The Morgan fingerprint density at radius 3 is 2.79 bits per heavy atom. The van der Waals surface area contributed by atoms with Gasteiger partial charge in [-0.25, -0.2) is 0 Å². The van der Waals surface area contributed by atoms with Crippen LogP contribution in [0.1, 0.15) is 24.8 Å². The minimum Gasteiger partial charge on any atom is -0.327 e. The normalized spacial score (nSPS) is 28.2. The van der Waals surface area contributed by atoms with Crippen LogP contribution in [0.5, 0.6) is 0 Å². The number of nitrogens with zero attached hydrogens (tertiary/aromatic N) is 3. The maximum atomic E-state index is 12.6. The van der Waals surface area contributed by atoms with Crippen LogP contribution in [-0.4, -0.2) is 26.7 Å².